The quantitative estimate of drug-likeness (QED) is 0.524. The summed E-state index contributed by atoms with van der Waals surface area (Å²) in [5.41, 5.74) is 1.23. The van der Waals surface area contributed by atoms with Crippen molar-refractivity contribution < 1.29 is 18.0 Å². The second kappa shape index (κ2) is 7.42. The van der Waals surface area contributed by atoms with Crippen molar-refractivity contribution >= 4 is 22.8 Å². The van der Waals surface area contributed by atoms with Crippen LogP contribution < -0.4 is 5.32 Å². The number of anilines is 1. The number of hydrogen-bond acceptors (Lipinski definition) is 3. The lowest BCUT2D eigenvalue weighted by Gasteiger charge is -2.08. The number of hydrogen-bond donors (Lipinski definition) is 2. The predicted octanol–water partition coefficient (Wildman–Crippen LogP) is 4.34. The van der Waals surface area contributed by atoms with Crippen molar-refractivity contribution in [1.82, 2.24) is 19.7 Å². The van der Waals surface area contributed by atoms with Crippen LogP contribution >= 0.6 is 0 Å². The summed E-state index contributed by atoms with van der Waals surface area (Å²) in [7, 11) is 0. The molecule has 0 fully saturated rings. The van der Waals surface area contributed by atoms with Crippen LogP contribution in [0.15, 0.2) is 60.8 Å². The van der Waals surface area contributed by atoms with Gasteiger partial charge in [0.15, 0.2) is 5.82 Å². The number of carbonyl (C=O) groups is 1. The van der Waals surface area contributed by atoms with E-state index in [1.807, 2.05) is 24.3 Å². The van der Waals surface area contributed by atoms with Gasteiger partial charge in [0, 0.05) is 25.1 Å². The van der Waals surface area contributed by atoms with E-state index in [-0.39, 0.29) is 23.8 Å². The summed E-state index contributed by atoms with van der Waals surface area (Å²) >= 11 is 0. The number of imidazole rings is 1. The van der Waals surface area contributed by atoms with Crippen molar-refractivity contribution in [1.29, 1.82) is 0 Å². The molecule has 0 atom stereocenters. The average Bonchev–Trinajstić information content (AvgIpc) is 3.32. The number of benzene rings is 2. The van der Waals surface area contributed by atoms with Crippen LogP contribution in [0, 0.1) is 0 Å². The number of fused-ring (bicyclic) bond motifs is 1. The Hall–Kier alpha value is -3.62. The maximum atomic E-state index is 12.9. The number of carbonyl (C=O) groups excluding carboxylic acids is 1. The minimum atomic E-state index is -4.43. The summed E-state index contributed by atoms with van der Waals surface area (Å²) in [5.74, 6) is 0.701. The highest BCUT2D eigenvalue weighted by atomic mass is 19.4. The van der Waals surface area contributed by atoms with Gasteiger partial charge in [-0.3, -0.25) is 4.79 Å². The molecule has 148 valence electrons. The molecule has 0 unspecified atom stereocenters. The molecule has 0 aliphatic heterocycles. The van der Waals surface area contributed by atoms with E-state index in [4.69, 9.17) is 0 Å². The molecule has 29 heavy (non-hydrogen) atoms. The van der Waals surface area contributed by atoms with E-state index in [2.05, 4.69) is 20.4 Å². The maximum Gasteiger partial charge on any atom is 0.416 e. The Morgan fingerprint density at radius 3 is 2.72 bits per heavy atom. The number of alkyl halides is 3. The smallest absolute Gasteiger partial charge is 0.342 e. The molecule has 6 nitrogen and oxygen atoms in total. The lowest BCUT2D eigenvalue weighted by Crippen LogP contribution is -2.13. The van der Waals surface area contributed by atoms with Crippen LogP contribution in [0.3, 0.4) is 0 Å². The molecular formula is C20H16F3N5O. The fraction of sp³-hybridized carbons (Fsp3) is 0.150. The Labute approximate surface area is 163 Å². The van der Waals surface area contributed by atoms with Crippen LogP contribution in [0.4, 0.5) is 19.0 Å². The molecule has 0 bridgehead atoms. The molecule has 9 heteroatoms. The molecule has 0 aliphatic carbocycles. The average molecular weight is 399 g/mol. The summed E-state index contributed by atoms with van der Waals surface area (Å²) < 4.78 is 39.9. The van der Waals surface area contributed by atoms with Gasteiger partial charge in [0.25, 0.3) is 0 Å². The van der Waals surface area contributed by atoms with Crippen molar-refractivity contribution in [3.05, 3.63) is 72.2 Å². The fourth-order valence-electron chi connectivity index (χ4n) is 2.92. The zero-order valence-corrected chi connectivity index (χ0v) is 15.1. The van der Waals surface area contributed by atoms with E-state index in [1.54, 1.807) is 0 Å². The summed E-state index contributed by atoms with van der Waals surface area (Å²) in [6.45, 7) is 0. The zero-order chi connectivity index (χ0) is 20.4. The fourth-order valence-corrected chi connectivity index (χ4v) is 2.92. The molecule has 4 aromatic rings. The van der Waals surface area contributed by atoms with Gasteiger partial charge < -0.3 is 10.3 Å². The first-order valence-electron chi connectivity index (χ1n) is 8.85. The molecule has 4 rings (SSSR count). The standard InChI is InChI=1S/C20H16F3N5O/c21-20(22,23)13-4-3-5-14(12-13)28-11-10-18(27-28)26-19(29)9-8-17-24-15-6-1-2-7-16(15)25-17/h1-7,10-12H,8-9H2,(H,24,25)(H,26,27,29). The Bertz CT molecular complexity index is 1130. The zero-order valence-electron chi connectivity index (χ0n) is 15.1. The molecule has 2 heterocycles. The first-order valence-corrected chi connectivity index (χ1v) is 8.85. The monoisotopic (exact) mass is 399 g/mol. The second-order valence-corrected chi connectivity index (χ2v) is 6.44. The number of rotatable bonds is 5. The van der Waals surface area contributed by atoms with Crippen LogP contribution in [0.2, 0.25) is 0 Å². The lowest BCUT2D eigenvalue weighted by molar-refractivity contribution is -0.137. The van der Waals surface area contributed by atoms with E-state index in [1.165, 1.54) is 29.1 Å². The highest BCUT2D eigenvalue weighted by Gasteiger charge is 2.30. The summed E-state index contributed by atoms with van der Waals surface area (Å²) in [6, 6.07) is 13.9. The number of amides is 1. The third-order valence-corrected chi connectivity index (χ3v) is 4.32. The van der Waals surface area contributed by atoms with E-state index in [0.717, 1.165) is 23.2 Å². The molecule has 0 saturated carbocycles. The van der Waals surface area contributed by atoms with Crippen LogP contribution in [-0.2, 0) is 17.4 Å². The van der Waals surface area contributed by atoms with Crippen molar-refractivity contribution in [2.24, 2.45) is 0 Å². The molecule has 0 radical (unpaired) electrons. The van der Waals surface area contributed by atoms with Crippen molar-refractivity contribution in [3.8, 4) is 5.69 Å². The Morgan fingerprint density at radius 1 is 1.10 bits per heavy atom. The number of aromatic amines is 1. The summed E-state index contributed by atoms with van der Waals surface area (Å²) in [5, 5.41) is 6.77. The normalized spacial score (nSPS) is 11.7. The number of aromatic nitrogens is 4. The number of aryl methyl sites for hydroxylation is 1. The number of para-hydroxylation sites is 2. The topological polar surface area (TPSA) is 75.6 Å². The third kappa shape index (κ3) is 4.29. The van der Waals surface area contributed by atoms with Gasteiger partial charge in [-0.1, -0.05) is 18.2 Å². The maximum absolute atomic E-state index is 12.9. The predicted molar refractivity (Wildman–Crippen MR) is 102 cm³/mol. The van der Waals surface area contributed by atoms with Gasteiger partial charge in [0.05, 0.1) is 22.3 Å². The highest BCUT2D eigenvalue weighted by Crippen LogP contribution is 2.30. The van der Waals surface area contributed by atoms with Gasteiger partial charge in [0.1, 0.15) is 5.82 Å². The molecule has 1 amide bonds. The van der Waals surface area contributed by atoms with Gasteiger partial charge in [-0.25, -0.2) is 9.67 Å². The minimum absolute atomic E-state index is 0.191. The first-order chi connectivity index (χ1) is 13.9. The van der Waals surface area contributed by atoms with E-state index in [0.29, 0.717) is 12.2 Å². The molecule has 0 aliphatic rings. The molecule has 0 saturated heterocycles. The highest BCUT2D eigenvalue weighted by molar-refractivity contribution is 5.89. The molecular weight excluding hydrogens is 383 g/mol. The van der Waals surface area contributed by atoms with Gasteiger partial charge in [-0.15, -0.1) is 0 Å². The number of nitrogens with zero attached hydrogens (tertiary/aromatic N) is 3. The Balaban J connectivity index is 1.39. The van der Waals surface area contributed by atoms with E-state index in [9.17, 15) is 18.0 Å². The molecule has 2 aromatic heterocycles. The van der Waals surface area contributed by atoms with Crippen LogP contribution in [0.25, 0.3) is 16.7 Å². The van der Waals surface area contributed by atoms with Crippen LogP contribution in [0.5, 0.6) is 0 Å². The van der Waals surface area contributed by atoms with E-state index >= 15 is 0 Å². The minimum Gasteiger partial charge on any atom is -0.342 e. The summed E-state index contributed by atoms with van der Waals surface area (Å²) in [4.78, 5) is 19.8. The van der Waals surface area contributed by atoms with Gasteiger partial charge in [-0.05, 0) is 30.3 Å². The second-order valence-electron chi connectivity index (χ2n) is 6.44. The van der Waals surface area contributed by atoms with Crippen molar-refractivity contribution in [2.75, 3.05) is 5.32 Å². The van der Waals surface area contributed by atoms with Crippen LogP contribution in [-0.4, -0.2) is 25.7 Å². The van der Waals surface area contributed by atoms with Gasteiger partial charge >= 0.3 is 6.18 Å². The largest absolute Gasteiger partial charge is 0.416 e. The number of nitrogens with one attached hydrogen (secondary N) is 2. The molecule has 2 N–H and O–H groups in total. The third-order valence-electron chi connectivity index (χ3n) is 4.32. The number of halogens is 3. The van der Waals surface area contributed by atoms with Crippen LogP contribution in [0.1, 0.15) is 17.8 Å². The van der Waals surface area contributed by atoms with E-state index < -0.39 is 11.7 Å². The van der Waals surface area contributed by atoms with Gasteiger partial charge in [0.2, 0.25) is 5.91 Å². The first kappa shape index (κ1) is 18.7. The van der Waals surface area contributed by atoms with Crippen molar-refractivity contribution in [2.45, 2.75) is 19.0 Å². The number of H-pyrrole nitrogens is 1. The Kier molecular flexibility index (Phi) is 4.79. The van der Waals surface area contributed by atoms with Crippen molar-refractivity contribution in [3.63, 3.8) is 0 Å². The van der Waals surface area contributed by atoms with Gasteiger partial charge in [-0.2, -0.15) is 18.3 Å². The lowest BCUT2D eigenvalue weighted by atomic mass is 10.2. The molecule has 2 aromatic carbocycles. The molecule has 0 spiro atoms. The Morgan fingerprint density at radius 2 is 1.93 bits per heavy atom. The SMILES string of the molecule is O=C(CCc1nc2ccccc2[nH]1)Nc1ccn(-c2cccc(C(F)(F)F)c2)n1. The summed E-state index contributed by atoms with van der Waals surface area (Å²) in [6.07, 6.45) is -2.33.